The number of rotatable bonds is 9. The summed E-state index contributed by atoms with van der Waals surface area (Å²) in [5, 5.41) is 19.0. The highest BCUT2D eigenvalue weighted by atomic mass is 79.9. The van der Waals surface area contributed by atoms with Crippen molar-refractivity contribution in [3.8, 4) is 66.8 Å². The van der Waals surface area contributed by atoms with Gasteiger partial charge >= 0.3 is 0 Å². The van der Waals surface area contributed by atoms with Crippen LogP contribution in [0.1, 0.15) is 49.9 Å². The maximum absolute atomic E-state index is 3.72. The van der Waals surface area contributed by atoms with E-state index in [9.17, 15) is 0 Å². The van der Waals surface area contributed by atoms with Gasteiger partial charge < -0.3 is 20.0 Å². The van der Waals surface area contributed by atoms with Gasteiger partial charge in [-0.2, -0.15) is 0 Å². The van der Waals surface area contributed by atoms with E-state index in [1.165, 1.54) is 190 Å². The van der Waals surface area contributed by atoms with Gasteiger partial charge in [-0.15, -0.1) is 22.7 Å². The molecular formula is C118H81BrN4S2. The van der Waals surface area contributed by atoms with E-state index in [0.29, 0.717) is 0 Å². The molecule has 4 aliphatic rings. The number of nitrogens with one attached hydrogen (secondary N) is 1. The van der Waals surface area contributed by atoms with Gasteiger partial charge in [0.25, 0.3) is 0 Å². The molecule has 7 heteroatoms. The highest BCUT2D eigenvalue weighted by molar-refractivity contribution is 9.10. The molecule has 0 unspecified atom stereocenters. The summed E-state index contributed by atoms with van der Waals surface area (Å²) < 4.78 is 6.42. The van der Waals surface area contributed by atoms with Crippen LogP contribution < -0.4 is 20.0 Å². The summed E-state index contributed by atoms with van der Waals surface area (Å²) in [6, 6.07) is 152. The highest BCUT2D eigenvalue weighted by Crippen LogP contribution is 2.58. The summed E-state index contributed by atoms with van der Waals surface area (Å²) in [6.07, 6.45) is 0. The van der Waals surface area contributed by atoms with E-state index in [0.717, 1.165) is 50.0 Å². The Morgan fingerprint density at radius 1 is 0.256 bits per heavy atom. The summed E-state index contributed by atoms with van der Waals surface area (Å²) in [5.74, 6) is 0. The van der Waals surface area contributed by atoms with Gasteiger partial charge in [-0.05, 0) is 280 Å². The molecule has 0 fully saturated rings. The average molecular weight is 1700 g/mol. The third kappa shape index (κ3) is 12.3. The molecule has 0 saturated heterocycles. The number of fused-ring (bicyclic) bond motifs is 20. The monoisotopic (exact) mass is 1700 g/mol. The second-order valence-corrected chi connectivity index (χ2v) is 37.5. The van der Waals surface area contributed by atoms with Gasteiger partial charge in [-0.1, -0.05) is 286 Å². The van der Waals surface area contributed by atoms with Crippen LogP contribution in [0.5, 0.6) is 0 Å². The molecule has 125 heavy (non-hydrogen) atoms. The zero-order valence-corrected chi connectivity index (χ0v) is 72.5. The van der Waals surface area contributed by atoms with Crippen molar-refractivity contribution >= 4 is 185 Å². The van der Waals surface area contributed by atoms with Crippen LogP contribution in [0.25, 0.3) is 150 Å². The minimum absolute atomic E-state index is 0.0943. The average Bonchev–Trinajstić information content (AvgIpc) is 1.65. The topological polar surface area (TPSA) is 21.8 Å². The number of benzene rings is 20. The first-order valence-electron chi connectivity index (χ1n) is 43.0. The second-order valence-electron chi connectivity index (χ2n) is 34.4. The first-order chi connectivity index (χ1) is 61.4. The zero-order chi connectivity index (χ0) is 83.3. The minimum Gasteiger partial charge on any atom is -0.354 e. The predicted molar refractivity (Wildman–Crippen MR) is 541 cm³/mol. The Kier molecular flexibility index (Phi) is 17.5. The summed E-state index contributed by atoms with van der Waals surface area (Å²) in [6.45, 7) is 9.33. The fraction of sp³-hybridized carbons (Fsp3) is 0.0508. The van der Waals surface area contributed by atoms with Gasteiger partial charge in [0.2, 0.25) is 0 Å². The quantitative estimate of drug-likeness (QED) is 0.155. The maximum atomic E-state index is 3.72. The lowest BCUT2D eigenvalue weighted by molar-refractivity contribution is 0.660. The first kappa shape index (κ1) is 74.4. The van der Waals surface area contributed by atoms with Gasteiger partial charge in [0.05, 0.1) is 11.4 Å². The van der Waals surface area contributed by atoms with Gasteiger partial charge in [-0.3, -0.25) is 0 Å². The van der Waals surface area contributed by atoms with E-state index in [2.05, 4.69) is 476 Å². The van der Waals surface area contributed by atoms with Crippen molar-refractivity contribution in [1.29, 1.82) is 0 Å². The summed E-state index contributed by atoms with van der Waals surface area (Å²) in [4.78, 5) is 7.25. The van der Waals surface area contributed by atoms with Crippen LogP contribution in [0, 0.1) is 0 Å². The van der Waals surface area contributed by atoms with Crippen LogP contribution in [0.3, 0.4) is 0 Å². The Morgan fingerprint density at radius 3 is 1.26 bits per heavy atom. The van der Waals surface area contributed by atoms with Gasteiger partial charge in [0.1, 0.15) is 0 Å². The zero-order valence-electron chi connectivity index (χ0n) is 69.3. The van der Waals surface area contributed by atoms with Crippen LogP contribution in [-0.2, 0) is 10.8 Å². The van der Waals surface area contributed by atoms with Crippen molar-refractivity contribution in [2.45, 2.75) is 38.5 Å². The standard InChI is InChI=1S/C59H40N2S.C44H28N2S.C15H13Br/c1-59(2)51-20-10-8-18-46(51)47-30-28-44(36-52(47)59)61-53-21-12-14-39-33-40(34-50(57(39)53)58-45-17-7-6-13-38(45)25-31-54(58)61)37-23-26-42(27-24-37)60(41-15-4-3-5-16-41)43-29-32-56-49(35-43)48-19-9-11-22-55(48)62-56;1-2-11-32(12-3-1)46(34-22-24-42-37(27-34)36-14-6-7-16-41(36)47-42)33-20-17-28(18-21-33)31-25-30-10-8-15-39-43(30)38(26-31)44-35-13-5-4-9-29(35)19-23-40(44)45-39;1-15(2)13-6-4-3-5-11(13)12-8-7-10(16)9-14(12)15/h3-36H,1-2H3;1-27,45H;3-9H,1-2H3. The van der Waals surface area contributed by atoms with Crippen LogP contribution in [-0.4, -0.2) is 0 Å². The molecule has 0 bridgehead atoms. The molecule has 0 saturated carbocycles. The summed E-state index contributed by atoms with van der Waals surface area (Å²) in [5.41, 5.74) is 33.8. The fourth-order valence-corrected chi connectivity index (χ4v) is 23.2. The molecular weight excluding hydrogens is 1620 g/mol. The third-order valence-corrected chi connectivity index (χ3v) is 29.4. The van der Waals surface area contributed by atoms with Crippen LogP contribution in [0.2, 0.25) is 0 Å². The van der Waals surface area contributed by atoms with Gasteiger partial charge in [0, 0.05) is 129 Å². The molecule has 1 N–H and O–H groups in total. The Labute approximate surface area is 743 Å². The number of anilines is 11. The van der Waals surface area contributed by atoms with E-state index in [1.54, 1.807) is 0 Å². The number of nitrogens with zero attached hydrogens (tertiary/aromatic N) is 3. The molecule has 0 amide bonds. The molecule has 22 aromatic rings. The SMILES string of the molecule is CC1(C)c2ccccc2-c2ccc(Br)cc21.CC1(C)c2ccccc2-c2ccc(N3c4ccc5ccccc5c4-c4cc(-c5ccc(N(c6ccccc6)c6ccc7sc8ccccc8c7c6)cc5)cc5cccc3c45)cc21.c1ccc(N(c2ccc(-c3cc4c5c(cccc5c3)Nc3ccc5ccccc5c3-4)cc2)c2ccc3sc4ccccc4c3c2)cc1. The number of thiophene rings is 2. The van der Waals surface area contributed by atoms with E-state index in [-0.39, 0.29) is 10.8 Å². The smallest absolute Gasteiger partial charge is 0.0547 e. The van der Waals surface area contributed by atoms with Crippen molar-refractivity contribution in [2.24, 2.45) is 0 Å². The maximum Gasteiger partial charge on any atom is 0.0547 e. The highest BCUT2D eigenvalue weighted by Gasteiger charge is 2.38. The normalized spacial score (nSPS) is 13.2. The molecule has 592 valence electrons. The lowest BCUT2D eigenvalue weighted by Gasteiger charge is -2.35. The Morgan fingerprint density at radius 2 is 0.688 bits per heavy atom. The van der Waals surface area contributed by atoms with Crippen molar-refractivity contribution in [2.75, 3.05) is 20.0 Å². The van der Waals surface area contributed by atoms with Crippen LogP contribution in [0.15, 0.2) is 417 Å². The molecule has 4 heterocycles. The first-order valence-corrected chi connectivity index (χ1v) is 45.4. The van der Waals surface area contributed by atoms with E-state index >= 15 is 0 Å². The van der Waals surface area contributed by atoms with E-state index in [4.69, 9.17) is 0 Å². The van der Waals surface area contributed by atoms with E-state index < -0.39 is 0 Å². The molecule has 0 radical (unpaired) electrons. The Bertz CT molecular complexity index is 8160. The lowest BCUT2D eigenvalue weighted by atomic mass is 9.82. The van der Waals surface area contributed by atoms with Gasteiger partial charge in [-0.25, -0.2) is 0 Å². The molecule has 0 spiro atoms. The molecule has 20 aromatic carbocycles. The number of hydrogen-bond acceptors (Lipinski definition) is 6. The third-order valence-electron chi connectivity index (χ3n) is 26.6. The Hall–Kier alpha value is -14.4. The summed E-state index contributed by atoms with van der Waals surface area (Å²) >= 11 is 7.27. The van der Waals surface area contributed by atoms with Crippen molar-refractivity contribution < 1.29 is 0 Å². The van der Waals surface area contributed by atoms with Crippen molar-refractivity contribution in [3.05, 3.63) is 439 Å². The van der Waals surface area contributed by atoms with Crippen LogP contribution in [0.4, 0.5) is 62.6 Å². The largest absolute Gasteiger partial charge is 0.354 e. The molecule has 2 aliphatic carbocycles. The molecule has 26 rings (SSSR count). The van der Waals surface area contributed by atoms with Crippen molar-refractivity contribution in [3.63, 3.8) is 0 Å². The molecule has 2 aromatic heterocycles. The number of halogens is 1. The molecule has 4 nitrogen and oxygen atoms in total. The van der Waals surface area contributed by atoms with E-state index in [1.807, 2.05) is 22.7 Å². The second kappa shape index (κ2) is 29.4. The van der Waals surface area contributed by atoms with Gasteiger partial charge in [0.15, 0.2) is 0 Å². The Balaban J connectivity index is 0.000000122. The summed E-state index contributed by atoms with van der Waals surface area (Å²) in [7, 11) is 0. The molecule has 2 aliphatic heterocycles. The van der Waals surface area contributed by atoms with Crippen LogP contribution >= 0.6 is 38.6 Å². The van der Waals surface area contributed by atoms with Crippen molar-refractivity contribution in [1.82, 2.24) is 0 Å². The molecule has 0 atom stereocenters. The fourth-order valence-electron chi connectivity index (χ4n) is 20.7. The number of hydrogen-bond donors (Lipinski definition) is 1. The number of para-hydroxylation sites is 2. The minimum atomic E-state index is -0.0943. The lowest BCUT2D eigenvalue weighted by Crippen LogP contribution is -2.18. The predicted octanol–water partition coefficient (Wildman–Crippen LogP) is 35.2.